The van der Waals surface area contributed by atoms with Crippen LogP contribution in [0, 0.1) is 13.8 Å². The molecule has 0 saturated carbocycles. The van der Waals surface area contributed by atoms with Crippen molar-refractivity contribution in [3.8, 4) is 0 Å². The number of hydrogen-bond acceptors (Lipinski definition) is 2. The van der Waals surface area contributed by atoms with Gasteiger partial charge in [-0.05, 0) is 68.0 Å². The molecule has 168 valence electrons. The summed E-state index contributed by atoms with van der Waals surface area (Å²) in [5.41, 5.74) is 4.09. The summed E-state index contributed by atoms with van der Waals surface area (Å²) in [7, 11) is 0. The Kier molecular flexibility index (Phi) is 9.39. The lowest BCUT2D eigenvalue weighted by molar-refractivity contribution is -0.141. The fourth-order valence-corrected chi connectivity index (χ4v) is 3.71. The first-order chi connectivity index (χ1) is 14.7. The third kappa shape index (κ3) is 6.98. The maximum Gasteiger partial charge on any atom is 0.243 e. The predicted octanol–water partition coefficient (Wildman–Crippen LogP) is 5.87. The van der Waals surface area contributed by atoms with E-state index in [-0.39, 0.29) is 30.8 Å². The van der Waals surface area contributed by atoms with Gasteiger partial charge in [0.15, 0.2) is 0 Å². The number of nitrogens with zero attached hydrogens (tertiary/aromatic N) is 1. The van der Waals surface area contributed by atoms with Crippen molar-refractivity contribution in [1.29, 1.82) is 0 Å². The number of amides is 2. The van der Waals surface area contributed by atoms with Crippen LogP contribution in [0.4, 0.5) is 0 Å². The molecular weight excluding hydrogens is 431 g/mol. The van der Waals surface area contributed by atoms with Crippen LogP contribution in [0.3, 0.4) is 0 Å². The zero-order valence-corrected chi connectivity index (χ0v) is 20.5. The summed E-state index contributed by atoms with van der Waals surface area (Å²) in [6.07, 6.45) is 1.57. The van der Waals surface area contributed by atoms with Gasteiger partial charge in [0.2, 0.25) is 11.8 Å². The molecule has 2 atom stereocenters. The van der Waals surface area contributed by atoms with Crippen LogP contribution in [0.25, 0.3) is 0 Å². The molecule has 0 aromatic heterocycles. The Labute approximate surface area is 195 Å². The zero-order chi connectivity index (χ0) is 23.1. The average molecular weight is 463 g/mol. The van der Waals surface area contributed by atoms with Crippen molar-refractivity contribution in [1.82, 2.24) is 10.2 Å². The first-order valence-electron chi connectivity index (χ1n) is 10.8. The molecule has 0 spiro atoms. The summed E-state index contributed by atoms with van der Waals surface area (Å²) < 4.78 is 0. The first-order valence-corrected chi connectivity index (χ1v) is 11.5. The second-order valence-corrected chi connectivity index (χ2v) is 8.92. The van der Waals surface area contributed by atoms with Crippen molar-refractivity contribution in [2.24, 2.45) is 0 Å². The molecule has 4 nitrogen and oxygen atoms in total. The molecule has 0 radical (unpaired) electrons. The van der Waals surface area contributed by atoms with Crippen LogP contribution in [-0.4, -0.2) is 28.8 Å². The molecule has 0 unspecified atom stereocenters. The van der Waals surface area contributed by atoms with E-state index in [1.54, 1.807) is 17.0 Å². The molecule has 31 heavy (non-hydrogen) atoms. The van der Waals surface area contributed by atoms with Crippen LogP contribution in [0.5, 0.6) is 0 Å². The molecule has 0 fully saturated rings. The van der Waals surface area contributed by atoms with E-state index in [0.717, 1.165) is 23.1 Å². The highest BCUT2D eigenvalue weighted by atomic mass is 35.5. The number of hydrogen-bond donors (Lipinski definition) is 1. The standard InChI is InChI=1S/C25H32Cl2N2O2/c1-6-18(5)28-25(31)23(7-2)29(15-20-10-11-21(26)22(27)13-20)24(30)14-19-9-8-16(3)17(4)12-19/h8-13,18,23H,6-7,14-15H2,1-5H3,(H,28,31)/t18-,23-/m1/s1. The molecular formula is C25H32Cl2N2O2. The Morgan fingerprint density at radius 1 is 0.935 bits per heavy atom. The van der Waals surface area contributed by atoms with Gasteiger partial charge < -0.3 is 10.2 Å². The van der Waals surface area contributed by atoms with Gasteiger partial charge in [0.1, 0.15) is 6.04 Å². The van der Waals surface area contributed by atoms with Crippen LogP contribution in [-0.2, 0) is 22.6 Å². The highest BCUT2D eigenvalue weighted by molar-refractivity contribution is 6.42. The van der Waals surface area contributed by atoms with Crippen molar-refractivity contribution in [3.05, 3.63) is 68.7 Å². The topological polar surface area (TPSA) is 49.4 Å². The smallest absolute Gasteiger partial charge is 0.243 e. The monoisotopic (exact) mass is 462 g/mol. The highest BCUT2D eigenvalue weighted by Gasteiger charge is 2.29. The molecule has 0 aliphatic carbocycles. The largest absolute Gasteiger partial charge is 0.352 e. The molecule has 0 saturated heterocycles. The Morgan fingerprint density at radius 2 is 1.61 bits per heavy atom. The number of carbonyl (C=O) groups is 2. The number of halogens is 2. The summed E-state index contributed by atoms with van der Waals surface area (Å²) in [4.78, 5) is 28.1. The van der Waals surface area contributed by atoms with Crippen molar-refractivity contribution < 1.29 is 9.59 Å². The Balaban J connectivity index is 2.34. The minimum atomic E-state index is -0.567. The normalized spacial score (nSPS) is 12.9. The lowest BCUT2D eigenvalue weighted by atomic mass is 10.0. The van der Waals surface area contributed by atoms with E-state index in [1.807, 2.05) is 58.9 Å². The molecule has 2 aromatic rings. The Morgan fingerprint density at radius 3 is 2.19 bits per heavy atom. The predicted molar refractivity (Wildman–Crippen MR) is 129 cm³/mol. The van der Waals surface area contributed by atoms with Gasteiger partial charge >= 0.3 is 0 Å². The number of nitrogens with one attached hydrogen (secondary N) is 1. The molecule has 0 aliphatic rings. The zero-order valence-electron chi connectivity index (χ0n) is 19.0. The lowest BCUT2D eigenvalue weighted by Crippen LogP contribution is -2.51. The molecule has 2 amide bonds. The average Bonchev–Trinajstić information content (AvgIpc) is 2.72. The van der Waals surface area contributed by atoms with Crippen LogP contribution in [0.2, 0.25) is 10.0 Å². The third-order valence-corrected chi connectivity index (χ3v) is 6.39. The summed E-state index contributed by atoms with van der Waals surface area (Å²) in [5.74, 6) is -0.231. The van der Waals surface area contributed by atoms with Crippen LogP contribution < -0.4 is 5.32 Å². The van der Waals surface area contributed by atoms with E-state index in [0.29, 0.717) is 16.5 Å². The first kappa shape index (κ1) is 25.2. The van der Waals surface area contributed by atoms with Gasteiger partial charge in [0.05, 0.1) is 16.5 Å². The fraction of sp³-hybridized carbons (Fsp3) is 0.440. The molecule has 2 aromatic carbocycles. The van der Waals surface area contributed by atoms with E-state index < -0.39 is 6.04 Å². The molecule has 0 aliphatic heterocycles. The van der Waals surface area contributed by atoms with E-state index in [2.05, 4.69) is 5.32 Å². The van der Waals surface area contributed by atoms with Crippen LogP contribution in [0.1, 0.15) is 55.9 Å². The Hall–Kier alpha value is -2.04. The number of benzene rings is 2. The van der Waals surface area contributed by atoms with Crippen LogP contribution >= 0.6 is 23.2 Å². The van der Waals surface area contributed by atoms with Crippen molar-refractivity contribution in [2.75, 3.05) is 0 Å². The number of carbonyl (C=O) groups excluding carboxylic acids is 2. The maximum absolute atomic E-state index is 13.4. The van der Waals surface area contributed by atoms with Gasteiger partial charge in [-0.15, -0.1) is 0 Å². The SMILES string of the molecule is CC[C@@H](C)NC(=O)[C@@H](CC)N(Cc1ccc(Cl)c(Cl)c1)C(=O)Cc1ccc(C)c(C)c1. The van der Waals surface area contributed by atoms with E-state index >= 15 is 0 Å². The van der Waals surface area contributed by atoms with Gasteiger partial charge in [-0.3, -0.25) is 9.59 Å². The van der Waals surface area contributed by atoms with Crippen molar-refractivity contribution in [2.45, 2.75) is 72.5 Å². The number of aryl methyl sites for hydroxylation is 2. The summed E-state index contributed by atoms with van der Waals surface area (Å²) >= 11 is 12.2. The summed E-state index contributed by atoms with van der Waals surface area (Å²) in [5, 5.41) is 3.91. The van der Waals surface area contributed by atoms with E-state index in [9.17, 15) is 9.59 Å². The van der Waals surface area contributed by atoms with E-state index in [1.165, 1.54) is 5.56 Å². The van der Waals surface area contributed by atoms with Crippen molar-refractivity contribution >= 4 is 35.0 Å². The number of rotatable bonds is 9. The summed E-state index contributed by atoms with van der Waals surface area (Å²) in [6.45, 7) is 10.3. The minimum absolute atomic E-state index is 0.0447. The fourth-order valence-electron chi connectivity index (χ4n) is 3.38. The highest BCUT2D eigenvalue weighted by Crippen LogP contribution is 2.24. The quantitative estimate of drug-likeness (QED) is 0.505. The molecule has 0 bridgehead atoms. The second-order valence-electron chi connectivity index (χ2n) is 8.11. The van der Waals surface area contributed by atoms with Gasteiger partial charge in [-0.25, -0.2) is 0 Å². The Bertz CT molecular complexity index is 930. The van der Waals surface area contributed by atoms with Gasteiger partial charge in [0, 0.05) is 12.6 Å². The third-order valence-electron chi connectivity index (χ3n) is 5.65. The maximum atomic E-state index is 13.4. The van der Waals surface area contributed by atoms with E-state index in [4.69, 9.17) is 23.2 Å². The molecule has 2 rings (SSSR count). The minimum Gasteiger partial charge on any atom is -0.352 e. The molecule has 1 N–H and O–H groups in total. The van der Waals surface area contributed by atoms with Gasteiger partial charge in [0.25, 0.3) is 0 Å². The van der Waals surface area contributed by atoms with Gasteiger partial charge in [-0.2, -0.15) is 0 Å². The second kappa shape index (κ2) is 11.5. The molecule has 6 heteroatoms. The van der Waals surface area contributed by atoms with Crippen LogP contribution in [0.15, 0.2) is 36.4 Å². The molecule has 0 heterocycles. The lowest BCUT2D eigenvalue weighted by Gasteiger charge is -2.31. The summed E-state index contributed by atoms with van der Waals surface area (Å²) in [6, 6.07) is 10.8. The van der Waals surface area contributed by atoms with Gasteiger partial charge in [-0.1, -0.05) is 61.3 Å². The van der Waals surface area contributed by atoms with Crippen molar-refractivity contribution in [3.63, 3.8) is 0 Å².